The van der Waals surface area contributed by atoms with E-state index in [0.29, 0.717) is 0 Å². The Bertz CT molecular complexity index is 577. The first-order valence-corrected chi connectivity index (χ1v) is 7.64. The van der Waals surface area contributed by atoms with Crippen molar-refractivity contribution in [1.82, 2.24) is 9.78 Å². The van der Waals surface area contributed by atoms with Crippen LogP contribution < -0.4 is 10.1 Å². The van der Waals surface area contributed by atoms with Crippen molar-refractivity contribution in [3.8, 4) is 5.75 Å². The third-order valence-electron chi connectivity index (χ3n) is 3.61. The minimum atomic E-state index is 0.240. The molecule has 0 radical (unpaired) electrons. The summed E-state index contributed by atoms with van der Waals surface area (Å²) in [5, 5.41) is 7.89. The maximum absolute atomic E-state index is 5.84. The lowest BCUT2D eigenvalue weighted by Gasteiger charge is -2.14. The average molecular weight is 287 g/mol. The van der Waals surface area contributed by atoms with Gasteiger partial charge in [0.2, 0.25) is 0 Å². The van der Waals surface area contributed by atoms with Gasteiger partial charge in [-0.2, -0.15) is 5.10 Å². The Hall–Kier alpha value is -1.97. The summed E-state index contributed by atoms with van der Waals surface area (Å²) in [5.74, 6) is 0.911. The Balaban J connectivity index is 1.99. The molecule has 0 aliphatic rings. The third kappa shape index (κ3) is 4.25. The summed E-state index contributed by atoms with van der Waals surface area (Å²) in [6.45, 7) is 7.09. The lowest BCUT2D eigenvalue weighted by molar-refractivity contribution is 0.217. The van der Waals surface area contributed by atoms with Crippen molar-refractivity contribution in [2.75, 3.05) is 5.32 Å². The molecule has 4 nitrogen and oxygen atoms in total. The number of rotatable bonds is 7. The molecule has 1 heterocycles. The molecule has 0 saturated heterocycles. The van der Waals surface area contributed by atoms with E-state index < -0.39 is 0 Å². The van der Waals surface area contributed by atoms with Crippen LogP contribution in [0.15, 0.2) is 30.3 Å². The number of hydrogen-bond donors (Lipinski definition) is 1. The van der Waals surface area contributed by atoms with E-state index in [1.54, 1.807) is 0 Å². The number of benzene rings is 1. The largest absolute Gasteiger partial charge is 0.491 e. The molecule has 1 aromatic heterocycles. The zero-order valence-corrected chi connectivity index (χ0v) is 13.4. The zero-order chi connectivity index (χ0) is 15.2. The molecule has 21 heavy (non-hydrogen) atoms. The SMILES string of the molecule is CCc1cc(CNc2cccc(OC(C)CC)c2)n(C)n1. The van der Waals surface area contributed by atoms with Crippen LogP contribution in [-0.2, 0) is 20.0 Å². The molecule has 2 rings (SSSR count). The van der Waals surface area contributed by atoms with Gasteiger partial charge in [0.05, 0.1) is 24.0 Å². The summed E-state index contributed by atoms with van der Waals surface area (Å²) in [7, 11) is 1.98. The number of ether oxygens (including phenoxy) is 1. The second-order valence-electron chi connectivity index (χ2n) is 5.32. The van der Waals surface area contributed by atoms with Crippen LogP contribution in [0.25, 0.3) is 0 Å². The van der Waals surface area contributed by atoms with Crippen molar-refractivity contribution in [2.24, 2.45) is 7.05 Å². The Morgan fingerprint density at radius 2 is 2.10 bits per heavy atom. The van der Waals surface area contributed by atoms with Crippen molar-refractivity contribution in [3.05, 3.63) is 41.7 Å². The van der Waals surface area contributed by atoms with Gasteiger partial charge < -0.3 is 10.1 Å². The van der Waals surface area contributed by atoms with E-state index in [4.69, 9.17) is 4.74 Å². The normalized spacial score (nSPS) is 12.2. The monoisotopic (exact) mass is 287 g/mol. The molecular formula is C17H25N3O. The van der Waals surface area contributed by atoms with Crippen LogP contribution in [0, 0.1) is 0 Å². The van der Waals surface area contributed by atoms with Crippen molar-refractivity contribution in [1.29, 1.82) is 0 Å². The quantitative estimate of drug-likeness (QED) is 0.842. The minimum Gasteiger partial charge on any atom is -0.491 e. The van der Waals surface area contributed by atoms with Crippen LogP contribution >= 0.6 is 0 Å². The number of nitrogens with one attached hydrogen (secondary N) is 1. The van der Waals surface area contributed by atoms with Crippen LogP contribution in [0.2, 0.25) is 0 Å². The molecule has 1 atom stereocenters. The van der Waals surface area contributed by atoms with E-state index in [2.05, 4.69) is 43.3 Å². The van der Waals surface area contributed by atoms with Gasteiger partial charge in [0.1, 0.15) is 5.75 Å². The number of aromatic nitrogens is 2. The molecule has 0 aliphatic heterocycles. The molecule has 1 N–H and O–H groups in total. The molecular weight excluding hydrogens is 262 g/mol. The molecule has 0 amide bonds. The molecule has 1 unspecified atom stereocenters. The first-order chi connectivity index (χ1) is 10.1. The van der Waals surface area contributed by atoms with E-state index in [1.807, 2.05) is 29.9 Å². The van der Waals surface area contributed by atoms with Gasteiger partial charge in [-0.3, -0.25) is 4.68 Å². The highest BCUT2D eigenvalue weighted by Gasteiger charge is 2.05. The van der Waals surface area contributed by atoms with E-state index in [9.17, 15) is 0 Å². The lowest BCUT2D eigenvalue weighted by atomic mass is 10.2. The summed E-state index contributed by atoms with van der Waals surface area (Å²) in [6, 6.07) is 10.3. The highest BCUT2D eigenvalue weighted by atomic mass is 16.5. The van der Waals surface area contributed by atoms with E-state index >= 15 is 0 Å². The summed E-state index contributed by atoms with van der Waals surface area (Å²) >= 11 is 0. The second kappa shape index (κ2) is 7.16. The van der Waals surface area contributed by atoms with E-state index in [1.165, 1.54) is 5.69 Å². The van der Waals surface area contributed by atoms with Crippen LogP contribution in [-0.4, -0.2) is 15.9 Å². The molecule has 0 bridgehead atoms. The van der Waals surface area contributed by atoms with Gasteiger partial charge >= 0.3 is 0 Å². The fraction of sp³-hybridized carbons (Fsp3) is 0.471. The van der Waals surface area contributed by atoms with Gasteiger partial charge in [-0.05, 0) is 38.0 Å². The standard InChI is InChI=1S/C17H25N3O/c1-5-13(3)21-17-9-7-8-15(11-17)18-12-16-10-14(6-2)19-20(16)4/h7-11,13,18H,5-6,12H2,1-4H3. The van der Waals surface area contributed by atoms with Crippen molar-refractivity contribution < 1.29 is 4.74 Å². The van der Waals surface area contributed by atoms with Crippen LogP contribution in [0.4, 0.5) is 5.69 Å². The predicted octanol–water partition coefficient (Wildman–Crippen LogP) is 3.77. The van der Waals surface area contributed by atoms with Crippen molar-refractivity contribution in [3.63, 3.8) is 0 Å². The lowest BCUT2D eigenvalue weighted by Crippen LogP contribution is -2.10. The molecule has 0 fully saturated rings. The van der Waals surface area contributed by atoms with Crippen LogP contribution in [0.3, 0.4) is 0 Å². The molecule has 114 valence electrons. The fourth-order valence-electron chi connectivity index (χ4n) is 2.10. The second-order valence-corrected chi connectivity index (χ2v) is 5.32. The molecule has 0 aliphatic carbocycles. The van der Waals surface area contributed by atoms with Gasteiger partial charge in [0.15, 0.2) is 0 Å². The Kier molecular flexibility index (Phi) is 5.26. The Labute approximate surface area is 127 Å². The molecule has 0 spiro atoms. The fourth-order valence-corrected chi connectivity index (χ4v) is 2.10. The number of nitrogens with zero attached hydrogens (tertiary/aromatic N) is 2. The van der Waals surface area contributed by atoms with Gasteiger partial charge in [-0.25, -0.2) is 0 Å². The molecule has 0 saturated carbocycles. The average Bonchev–Trinajstić information content (AvgIpc) is 2.86. The van der Waals surface area contributed by atoms with Crippen LogP contribution in [0.5, 0.6) is 5.75 Å². The number of anilines is 1. The smallest absolute Gasteiger partial charge is 0.121 e. The van der Waals surface area contributed by atoms with E-state index in [0.717, 1.165) is 36.5 Å². The number of hydrogen-bond acceptors (Lipinski definition) is 3. The molecule has 4 heteroatoms. The van der Waals surface area contributed by atoms with Crippen molar-refractivity contribution in [2.45, 2.75) is 46.3 Å². The van der Waals surface area contributed by atoms with E-state index in [-0.39, 0.29) is 6.10 Å². The predicted molar refractivity (Wildman–Crippen MR) is 86.7 cm³/mol. The highest BCUT2D eigenvalue weighted by Crippen LogP contribution is 2.20. The first kappa shape index (κ1) is 15.4. The first-order valence-electron chi connectivity index (χ1n) is 7.64. The van der Waals surface area contributed by atoms with Crippen molar-refractivity contribution >= 4 is 5.69 Å². The number of aryl methyl sites for hydroxylation is 2. The molecule has 2 aromatic rings. The highest BCUT2D eigenvalue weighted by molar-refractivity contribution is 5.48. The zero-order valence-electron chi connectivity index (χ0n) is 13.4. The maximum Gasteiger partial charge on any atom is 0.121 e. The summed E-state index contributed by atoms with van der Waals surface area (Å²) < 4.78 is 7.78. The minimum absolute atomic E-state index is 0.240. The van der Waals surface area contributed by atoms with Crippen LogP contribution in [0.1, 0.15) is 38.6 Å². The topological polar surface area (TPSA) is 39.1 Å². The molecule has 1 aromatic carbocycles. The van der Waals surface area contributed by atoms with Gasteiger partial charge in [0, 0.05) is 18.8 Å². The van der Waals surface area contributed by atoms with Gasteiger partial charge in [-0.15, -0.1) is 0 Å². The third-order valence-corrected chi connectivity index (χ3v) is 3.61. The Morgan fingerprint density at radius 3 is 2.76 bits per heavy atom. The summed E-state index contributed by atoms with van der Waals surface area (Å²) in [6.07, 6.45) is 2.21. The summed E-state index contributed by atoms with van der Waals surface area (Å²) in [5.41, 5.74) is 3.37. The van der Waals surface area contributed by atoms with Gasteiger partial charge in [0.25, 0.3) is 0 Å². The summed E-state index contributed by atoms with van der Waals surface area (Å²) in [4.78, 5) is 0. The van der Waals surface area contributed by atoms with Gasteiger partial charge in [-0.1, -0.05) is 19.9 Å². The maximum atomic E-state index is 5.84. The Morgan fingerprint density at radius 1 is 1.29 bits per heavy atom.